The van der Waals surface area contributed by atoms with E-state index in [0.29, 0.717) is 13.0 Å². The lowest BCUT2D eigenvalue weighted by Crippen LogP contribution is -2.37. The molecular weight excluding hydrogens is 252 g/mol. The van der Waals surface area contributed by atoms with Gasteiger partial charge in [0.25, 0.3) is 0 Å². The summed E-state index contributed by atoms with van der Waals surface area (Å²) >= 11 is 0. The molecule has 2 aliphatic heterocycles. The minimum atomic E-state index is -0.0165. The number of nitrogens with one attached hydrogen (secondary N) is 2. The molecule has 4 heteroatoms. The van der Waals surface area contributed by atoms with Crippen molar-refractivity contribution in [2.24, 2.45) is 0 Å². The van der Waals surface area contributed by atoms with Crippen LogP contribution in [0.5, 0.6) is 0 Å². The van der Waals surface area contributed by atoms with E-state index in [1.807, 2.05) is 18.2 Å². The molecule has 1 aromatic rings. The number of aryl methyl sites for hydroxylation is 1. The zero-order valence-corrected chi connectivity index (χ0v) is 11.7. The molecule has 2 atom stereocenters. The Labute approximate surface area is 119 Å². The average molecular weight is 274 g/mol. The molecule has 3 rings (SSSR count). The molecule has 2 unspecified atom stereocenters. The quantitative estimate of drug-likeness (QED) is 0.869. The number of carbonyl (C=O) groups excluding carboxylic acids is 1. The van der Waals surface area contributed by atoms with Crippen LogP contribution in [0.2, 0.25) is 0 Å². The smallest absolute Gasteiger partial charge is 0.220 e. The molecule has 0 bridgehead atoms. The Morgan fingerprint density at radius 3 is 3.00 bits per heavy atom. The van der Waals surface area contributed by atoms with Crippen molar-refractivity contribution < 1.29 is 9.53 Å². The van der Waals surface area contributed by atoms with Crippen molar-refractivity contribution in [1.29, 1.82) is 0 Å². The highest BCUT2D eigenvalue weighted by Crippen LogP contribution is 2.31. The van der Waals surface area contributed by atoms with Gasteiger partial charge in [-0.1, -0.05) is 30.3 Å². The number of ether oxygens (including phenoxy) is 1. The molecule has 1 spiro atoms. The fourth-order valence-corrected chi connectivity index (χ4v) is 3.16. The van der Waals surface area contributed by atoms with E-state index in [1.54, 1.807) is 0 Å². The Morgan fingerprint density at radius 1 is 1.40 bits per heavy atom. The molecule has 4 nitrogen and oxygen atoms in total. The van der Waals surface area contributed by atoms with E-state index in [0.717, 1.165) is 32.4 Å². The van der Waals surface area contributed by atoms with Gasteiger partial charge in [-0.3, -0.25) is 4.79 Å². The number of hydrogen-bond donors (Lipinski definition) is 2. The van der Waals surface area contributed by atoms with Crippen LogP contribution in [0.3, 0.4) is 0 Å². The fraction of sp³-hybridized carbons (Fsp3) is 0.562. The van der Waals surface area contributed by atoms with Crippen molar-refractivity contribution in [2.45, 2.75) is 37.3 Å². The Morgan fingerprint density at radius 2 is 2.25 bits per heavy atom. The van der Waals surface area contributed by atoms with Crippen molar-refractivity contribution in [3.05, 3.63) is 35.9 Å². The molecule has 1 aromatic carbocycles. The molecular formula is C16H22N2O2. The Bertz CT molecular complexity index is 455. The van der Waals surface area contributed by atoms with Crippen LogP contribution < -0.4 is 10.6 Å². The molecule has 0 saturated carbocycles. The van der Waals surface area contributed by atoms with Crippen LogP contribution in [0.4, 0.5) is 0 Å². The predicted octanol–water partition coefficient (Wildman–Crippen LogP) is 1.26. The van der Waals surface area contributed by atoms with E-state index in [2.05, 4.69) is 22.8 Å². The van der Waals surface area contributed by atoms with Gasteiger partial charge in [-0.15, -0.1) is 0 Å². The summed E-state index contributed by atoms with van der Waals surface area (Å²) in [5, 5.41) is 6.45. The van der Waals surface area contributed by atoms with Gasteiger partial charge in [0.15, 0.2) is 0 Å². The van der Waals surface area contributed by atoms with Crippen LogP contribution in [0.1, 0.15) is 24.8 Å². The summed E-state index contributed by atoms with van der Waals surface area (Å²) < 4.78 is 5.90. The average Bonchev–Trinajstić information content (AvgIpc) is 3.09. The van der Waals surface area contributed by atoms with E-state index in [4.69, 9.17) is 4.74 Å². The molecule has 0 radical (unpaired) electrons. The largest absolute Gasteiger partial charge is 0.371 e. The predicted molar refractivity (Wildman–Crippen MR) is 77.5 cm³/mol. The number of hydrogen-bond acceptors (Lipinski definition) is 3. The van der Waals surface area contributed by atoms with Gasteiger partial charge in [-0.05, 0) is 24.9 Å². The summed E-state index contributed by atoms with van der Waals surface area (Å²) in [5.41, 5.74) is 1.19. The van der Waals surface area contributed by atoms with Crippen molar-refractivity contribution >= 4 is 5.91 Å². The molecule has 1 amide bonds. The maximum absolute atomic E-state index is 12.0. The van der Waals surface area contributed by atoms with E-state index in [1.165, 1.54) is 5.56 Å². The second-order valence-corrected chi connectivity index (χ2v) is 5.87. The van der Waals surface area contributed by atoms with Crippen molar-refractivity contribution in [3.63, 3.8) is 0 Å². The summed E-state index contributed by atoms with van der Waals surface area (Å²) in [6, 6.07) is 10.3. The normalized spacial score (nSPS) is 28.9. The molecule has 108 valence electrons. The second kappa shape index (κ2) is 5.94. The third-order valence-corrected chi connectivity index (χ3v) is 4.26. The summed E-state index contributed by atoms with van der Waals surface area (Å²) in [5.74, 6) is 0.130. The first-order valence-electron chi connectivity index (χ1n) is 7.44. The van der Waals surface area contributed by atoms with E-state index >= 15 is 0 Å². The molecule has 0 aromatic heterocycles. The number of amides is 1. The van der Waals surface area contributed by atoms with Gasteiger partial charge < -0.3 is 15.4 Å². The van der Waals surface area contributed by atoms with Crippen LogP contribution in [0.25, 0.3) is 0 Å². The lowest BCUT2D eigenvalue weighted by atomic mass is 9.97. The van der Waals surface area contributed by atoms with Crippen LogP contribution in [-0.4, -0.2) is 37.2 Å². The highest BCUT2D eigenvalue weighted by atomic mass is 16.5. The molecule has 2 saturated heterocycles. The highest BCUT2D eigenvalue weighted by molar-refractivity contribution is 5.76. The van der Waals surface area contributed by atoms with Gasteiger partial charge in [0.2, 0.25) is 5.91 Å². The first-order valence-corrected chi connectivity index (χ1v) is 7.44. The van der Waals surface area contributed by atoms with Gasteiger partial charge in [-0.2, -0.15) is 0 Å². The van der Waals surface area contributed by atoms with Gasteiger partial charge >= 0.3 is 0 Å². The van der Waals surface area contributed by atoms with Crippen LogP contribution in [-0.2, 0) is 16.0 Å². The third kappa shape index (κ3) is 3.19. The minimum Gasteiger partial charge on any atom is -0.371 e. The third-order valence-electron chi connectivity index (χ3n) is 4.26. The van der Waals surface area contributed by atoms with E-state index in [9.17, 15) is 4.79 Å². The Kier molecular flexibility index (Phi) is 4.03. The summed E-state index contributed by atoms with van der Waals surface area (Å²) in [6.45, 7) is 2.59. The first-order chi connectivity index (χ1) is 9.76. The van der Waals surface area contributed by atoms with Gasteiger partial charge in [0.05, 0.1) is 18.2 Å². The summed E-state index contributed by atoms with van der Waals surface area (Å²) in [4.78, 5) is 12.0. The molecule has 2 N–H and O–H groups in total. The zero-order chi connectivity index (χ0) is 13.8. The van der Waals surface area contributed by atoms with E-state index < -0.39 is 0 Å². The van der Waals surface area contributed by atoms with Crippen LogP contribution >= 0.6 is 0 Å². The Balaban J connectivity index is 1.43. The van der Waals surface area contributed by atoms with E-state index in [-0.39, 0.29) is 17.6 Å². The molecule has 2 heterocycles. The fourth-order valence-electron chi connectivity index (χ4n) is 3.16. The first kappa shape index (κ1) is 13.6. The number of benzene rings is 1. The van der Waals surface area contributed by atoms with Crippen molar-refractivity contribution in [1.82, 2.24) is 10.6 Å². The lowest BCUT2D eigenvalue weighted by molar-refractivity contribution is -0.121. The zero-order valence-electron chi connectivity index (χ0n) is 11.7. The standard InChI is InChI=1S/C16H22N2O2/c19-15(7-6-13-4-2-1-3-5-13)18-14-10-16(20-11-14)8-9-17-12-16/h1-5,14,17H,6-12H2,(H,18,19). The Hall–Kier alpha value is -1.39. The van der Waals surface area contributed by atoms with Crippen LogP contribution in [0.15, 0.2) is 30.3 Å². The maximum atomic E-state index is 12.0. The monoisotopic (exact) mass is 274 g/mol. The molecule has 2 aliphatic rings. The number of rotatable bonds is 4. The maximum Gasteiger partial charge on any atom is 0.220 e. The lowest BCUT2D eigenvalue weighted by Gasteiger charge is -2.20. The summed E-state index contributed by atoms with van der Waals surface area (Å²) in [6.07, 6.45) is 3.35. The van der Waals surface area contributed by atoms with Crippen molar-refractivity contribution in [3.8, 4) is 0 Å². The minimum absolute atomic E-state index is 0.0165. The summed E-state index contributed by atoms with van der Waals surface area (Å²) in [7, 11) is 0. The molecule has 20 heavy (non-hydrogen) atoms. The van der Waals surface area contributed by atoms with Gasteiger partial charge in [0.1, 0.15) is 0 Å². The van der Waals surface area contributed by atoms with Crippen molar-refractivity contribution in [2.75, 3.05) is 19.7 Å². The SMILES string of the molecule is O=C(CCc1ccccc1)NC1COC2(CCNC2)C1. The topological polar surface area (TPSA) is 50.4 Å². The molecule has 2 fully saturated rings. The van der Waals surface area contributed by atoms with Gasteiger partial charge in [0, 0.05) is 19.4 Å². The molecule has 0 aliphatic carbocycles. The highest BCUT2D eigenvalue weighted by Gasteiger charge is 2.42. The second-order valence-electron chi connectivity index (χ2n) is 5.87. The van der Waals surface area contributed by atoms with Gasteiger partial charge in [-0.25, -0.2) is 0 Å². The number of carbonyl (C=O) groups is 1. The van der Waals surface area contributed by atoms with Crippen LogP contribution in [0, 0.1) is 0 Å².